The molecule has 0 saturated carbocycles. The van der Waals surface area contributed by atoms with Gasteiger partial charge in [0.2, 0.25) is 11.2 Å². The second-order valence-electron chi connectivity index (χ2n) is 5.29. The third-order valence-corrected chi connectivity index (χ3v) is 3.46. The second-order valence-corrected chi connectivity index (χ2v) is 5.29. The summed E-state index contributed by atoms with van der Waals surface area (Å²) in [5.41, 5.74) is 1.42. The van der Waals surface area contributed by atoms with Gasteiger partial charge in [0.15, 0.2) is 5.76 Å². The van der Waals surface area contributed by atoms with E-state index in [0.29, 0.717) is 6.54 Å². The van der Waals surface area contributed by atoms with Gasteiger partial charge in [-0.25, -0.2) is 0 Å². The first kappa shape index (κ1) is 16.4. The molecule has 6 nitrogen and oxygen atoms in total. The molecular formula is C19H16N2O4. The Balaban J connectivity index is 1.61. The maximum Gasteiger partial charge on any atom is 0.287 e. The van der Waals surface area contributed by atoms with Crippen LogP contribution in [0.5, 0.6) is 5.75 Å². The fourth-order valence-electron chi connectivity index (χ4n) is 2.13. The Morgan fingerprint density at radius 2 is 1.84 bits per heavy atom. The number of carbonyl (C=O) groups excluding carboxylic acids is 1. The van der Waals surface area contributed by atoms with E-state index < -0.39 is 11.3 Å². The molecule has 0 aliphatic heterocycles. The number of amides is 1. The molecule has 0 saturated heterocycles. The third kappa shape index (κ3) is 4.54. The van der Waals surface area contributed by atoms with Gasteiger partial charge in [-0.1, -0.05) is 30.3 Å². The lowest BCUT2D eigenvalue weighted by Gasteiger charge is -2.07. The first-order valence-electron chi connectivity index (χ1n) is 7.69. The monoisotopic (exact) mass is 336 g/mol. The number of aromatic nitrogens is 1. The average Bonchev–Trinajstić information content (AvgIpc) is 2.66. The smallest absolute Gasteiger partial charge is 0.287 e. The van der Waals surface area contributed by atoms with Gasteiger partial charge in [-0.3, -0.25) is 14.6 Å². The average molecular weight is 336 g/mol. The Morgan fingerprint density at radius 3 is 2.56 bits per heavy atom. The molecule has 1 amide bonds. The molecule has 3 aromatic rings. The Kier molecular flexibility index (Phi) is 5.21. The molecule has 3 rings (SSSR count). The maximum atomic E-state index is 12.1. The van der Waals surface area contributed by atoms with Gasteiger partial charge in [0.05, 0.1) is 0 Å². The van der Waals surface area contributed by atoms with Crippen molar-refractivity contribution in [2.75, 3.05) is 0 Å². The highest BCUT2D eigenvalue weighted by Gasteiger charge is 2.12. The summed E-state index contributed by atoms with van der Waals surface area (Å²) in [6.45, 7) is 0.566. The molecule has 0 radical (unpaired) electrons. The highest BCUT2D eigenvalue weighted by molar-refractivity contribution is 5.91. The molecule has 2 heterocycles. The Labute approximate surface area is 144 Å². The quantitative estimate of drug-likeness (QED) is 0.748. The number of pyridine rings is 1. The van der Waals surface area contributed by atoms with Crippen molar-refractivity contribution in [2.24, 2.45) is 0 Å². The molecule has 0 unspecified atom stereocenters. The predicted molar refractivity (Wildman–Crippen MR) is 91.2 cm³/mol. The van der Waals surface area contributed by atoms with Gasteiger partial charge in [0.1, 0.15) is 12.9 Å². The number of hydrogen-bond acceptors (Lipinski definition) is 5. The molecule has 1 aromatic carbocycles. The first-order valence-corrected chi connectivity index (χ1v) is 7.69. The summed E-state index contributed by atoms with van der Waals surface area (Å²) in [6.07, 6.45) is 4.44. The molecule has 0 fully saturated rings. The zero-order chi connectivity index (χ0) is 17.5. The normalized spacial score (nSPS) is 10.2. The van der Waals surface area contributed by atoms with E-state index in [1.54, 1.807) is 24.5 Å². The molecule has 126 valence electrons. The second kappa shape index (κ2) is 7.92. The molecule has 1 N–H and O–H groups in total. The molecule has 0 spiro atoms. The van der Waals surface area contributed by atoms with Crippen molar-refractivity contribution in [3.05, 3.63) is 94.3 Å². The van der Waals surface area contributed by atoms with Crippen molar-refractivity contribution < 1.29 is 13.9 Å². The standard InChI is InChI=1S/C19H16N2O4/c22-16-10-17(19(23)21-11-14-6-8-20-9-7-14)25-13-18(16)24-12-15-4-2-1-3-5-15/h1-10,13H,11-12H2,(H,21,23). The molecule has 2 aromatic heterocycles. The van der Waals surface area contributed by atoms with E-state index in [0.717, 1.165) is 23.5 Å². The van der Waals surface area contributed by atoms with Crippen LogP contribution in [-0.2, 0) is 13.2 Å². The van der Waals surface area contributed by atoms with Crippen molar-refractivity contribution in [1.82, 2.24) is 10.3 Å². The summed E-state index contributed by atoms with van der Waals surface area (Å²) >= 11 is 0. The van der Waals surface area contributed by atoms with E-state index in [9.17, 15) is 9.59 Å². The minimum Gasteiger partial charge on any atom is -0.482 e. The van der Waals surface area contributed by atoms with Crippen LogP contribution in [0.4, 0.5) is 0 Å². The summed E-state index contributed by atoms with van der Waals surface area (Å²) in [4.78, 5) is 28.0. The van der Waals surface area contributed by atoms with E-state index in [-0.39, 0.29) is 18.1 Å². The van der Waals surface area contributed by atoms with Crippen LogP contribution < -0.4 is 15.5 Å². The lowest BCUT2D eigenvalue weighted by Crippen LogP contribution is -2.24. The van der Waals surface area contributed by atoms with Crippen molar-refractivity contribution in [3.63, 3.8) is 0 Å². The van der Waals surface area contributed by atoms with Gasteiger partial charge < -0.3 is 14.5 Å². The molecule has 25 heavy (non-hydrogen) atoms. The molecular weight excluding hydrogens is 320 g/mol. The molecule has 0 bridgehead atoms. The minimum atomic E-state index is -0.469. The Morgan fingerprint density at radius 1 is 1.08 bits per heavy atom. The van der Waals surface area contributed by atoms with Crippen LogP contribution in [0.2, 0.25) is 0 Å². The fourth-order valence-corrected chi connectivity index (χ4v) is 2.13. The summed E-state index contributed by atoms with van der Waals surface area (Å²) in [5.74, 6) is -0.468. The van der Waals surface area contributed by atoms with Gasteiger partial charge >= 0.3 is 0 Å². The van der Waals surface area contributed by atoms with Gasteiger partial charge in [0.25, 0.3) is 5.91 Å². The lowest BCUT2D eigenvalue weighted by atomic mass is 10.2. The SMILES string of the molecule is O=C(NCc1ccncc1)c1cc(=O)c(OCc2ccccc2)co1. The zero-order valence-electron chi connectivity index (χ0n) is 13.3. The summed E-state index contributed by atoms with van der Waals surface area (Å²) in [5, 5.41) is 2.68. The predicted octanol–water partition coefficient (Wildman–Crippen LogP) is 2.54. The topological polar surface area (TPSA) is 81.4 Å². The number of hydrogen-bond donors (Lipinski definition) is 1. The van der Waals surface area contributed by atoms with Crippen molar-refractivity contribution in [1.29, 1.82) is 0 Å². The van der Waals surface area contributed by atoms with E-state index in [2.05, 4.69) is 10.3 Å². The van der Waals surface area contributed by atoms with E-state index in [1.807, 2.05) is 30.3 Å². The summed E-state index contributed by atoms with van der Waals surface area (Å²) in [7, 11) is 0. The van der Waals surface area contributed by atoms with E-state index >= 15 is 0 Å². The van der Waals surface area contributed by atoms with E-state index in [1.165, 1.54) is 0 Å². The molecule has 0 aliphatic rings. The van der Waals surface area contributed by atoms with Crippen LogP contribution in [0.1, 0.15) is 21.7 Å². The van der Waals surface area contributed by atoms with Crippen molar-refractivity contribution in [3.8, 4) is 5.75 Å². The number of carbonyl (C=O) groups is 1. The summed E-state index contributed by atoms with van der Waals surface area (Å²) < 4.78 is 10.7. The van der Waals surface area contributed by atoms with Crippen LogP contribution in [-0.4, -0.2) is 10.9 Å². The minimum absolute atomic E-state index is 0.0638. The van der Waals surface area contributed by atoms with Crippen LogP contribution in [0, 0.1) is 0 Å². The highest BCUT2D eigenvalue weighted by Crippen LogP contribution is 2.09. The largest absolute Gasteiger partial charge is 0.482 e. The fraction of sp³-hybridized carbons (Fsp3) is 0.105. The number of benzene rings is 1. The Bertz CT molecular complexity index is 892. The van der Waals surface area contributed by atoms with Crippen molar-refractivity contribution in [2.45, 2.75) is 13.2 Å². The lowest BCUT2D eigenvalue weighted by molar-refractivity contribution is 0.0919. The molecule has 0 atom stereocenters. The van der Waals surface area contributed by atoms with Crippen LogP contribution >= 0.6 is 0 Å². The number of ether oxygens (including phenoxy) is 1. The summed E-state index contributed by atoms with van der Waals surface area (Å²) in [6, 6.07) is 14.2. The van der Waals surface area contributed by atoms with Crippen LogP contribution in [0.25, 0.3) is 0 Å². The molecule has 6 heteroatoms. The van der Waals surface area contributed by atoms with Gasteiger partial charge in [0, 0.05) is 25.0 Å². The first-order chi connectivity index (χ1) is 12.2. The van der Waals surface area contributed by atoms with E-state index in [4.69, 9.17) is 9.15 Å². The van der Waals surface area contributed by atoms with Gasteiger partial charge in [-0.05, 0) is 23.3 Å². The van der Waals surface area contributed by atoms with Gasteiger partial charge in [-0.2, -0.15) is 0 Å². The third-order valence-electron chi connectivity index (χ3n) is 3.46. The molecule has 0 aliphatic carbocycles. The van der Waals surface area contributed by atoms with Crippen LogP contribution in [0.3, 0.4) is 0 Å². The van der Waals surface area contributed by atoms with Gasteiger partial charge in [-0.15, -0.1) is 0 Å². The zero-order valence-corrected chi connectivity index (χ0v) is 13.3. The number of nitrogens with zero attached hydrogens (tertiary/aromatic N) is 1. The van der Waals surface area contributed by atoms with Crippen LogP contribution in [0.15, 0.2) is 76.4 Å². The Hall–Kier alpha value is -3.41. The number of rotatable bonds is 6. The highest BCUT2D eigenvalue weighted by atomic mass is 16.5. The maximum absolute atomic E-state index is 12.1. The number of nitrogens with one attached hydrogen (secondary N) is 1. The van der Waals surface area contributed by atoms with Crippen molar-refractivity contribution >= 4 is 5.91 Å².